The molecule has 2 aliphatic heterocycles. The lowest BCUT2D eigenvalue weighted by Gasteiger charge is -2.41. The Morgan fingerprint density at radius 2 is 1.83 bits per heavy atom. The molecule has 0 radical (unpaired) electrons. The number of fused-ring (bicyclic) bond motifs is 7. The summed E-state index contributed by atoms with van der Waals surface area (Å²) in [5, 5.41) is 15.8. The molecule has 10 heteroatoms. The van der Waals surface area contributed by atoms with Gasteiger partial charge in [-0.25, -0.2) is 0 Å². The van der Waals surface area contributed by atoms with Crippen LogP contribution in [0.4, 0.5) is 18.9 Å². The second-order valence-corrected chi connectivity index (χ2v) is 8.89. The molecule has 36 heavy (non-hydrogen) atoms. The quantitative estimate of drug-likeness (QED) is 0.317. The van der Waals surface area contributed by atoms with Crippen LogP contribution in [0.5, 0.6) is 5.75 Å². The summed E-state index contributed by atoms with van der Waals surface area (Å²) in [6.45, 7) is 1.31. The van der Waals surface area contributed by atoms with Crippen LogP contribution in [0.3, 0.4) is 0 Å². The third-order valence-electron chi connectivity index (χ3n) is 6.83. The van der Waals surface area contributed by atoms with Crippen LogP contribution in [0, 0.1) is 5.92 Å². The third kappa shape index (κ3) is 3.21. The molecule has 0 unspecified atom stereocenters. The van der Waals surface area contributed by atoms with Gasteiger partial charge in [-0.3, -0.25) is 14.8 Å². The first-order chi connectivity index (χ1) is 17.2. The summed E-state index contributed by atoms with van der Waals surface area (Å²) in [7, 11) is 0. The molecule has 2 N–H and O–H groups in total. The number of hydrogen-bond acceptors (Lipinski definition) is 7. The maximum absolute atomic E-state index is 14.0. The first-order valence-electron chi connectivity index (χ1n) is 11.4. The number of anilines is 1. The van der Waals surface area contributed by atoms with Gasteiger partial charge in [0.1, 0.15) is 18.3 Å². The van der Waals surface area contributed by atoms with Crippen molar-refractivity contribution in [3.05, 3.63) is 71.5 Å². The van der Waals surface area contributed by atoms with Crippen LogP contribution in [0.15, 0.2) is 54.9 Å². The van der Waals surface area contributed by atoms with Crippen molar-refractivity contribution < 1.29 is 32.5 Å². The Morgan fingerprint density at radius 3 is 2.53 bits per heavy atom. The number of aliphatic hydroxyl groups is 1. The molecule has 2 aliphatic rings. The number of ether oxygens (including phenoxy) is 2. The van der Waals surface area contributed by atoms with E-state index in [2.05, 4.69) is 15.3 Å². The van der Waals surface area contributed by atoms with Gasteiger partial charge in [-0.2, -0.15) is 13.2 Å². The molecule has 4 aromatic rings. The number of rotatable bonds is 3. The molecule has 0 bridgehead atoms. The largest absolute Gasteiger partial charge is 0.493 e. The molecule has 2 aromatic heterocycles. The smallest absolute Gasteiger partial charge is 0.419 e. The van der Waals surface area contributed by atoms with Gasteiger partial charge in [-0.05, 0) is 48.4 Å². The number of hydrogen-bond donors (Lipinski definition) is 2. The lowest BCUT2D eigenvalue weighted by Crippen LogP contribution is -2.51. The summed E-state index contributed by atoms with van der Waals surface area (Å²) >= 11 is 0. The maximum atomic E-state index is 14.0. The zero-order valence-corrected chi connectivity index (χ0v) is 19.0. The SMILES string of the molecule is CCOc1ccc([C@@H]2c3c(c4cccnc4c4ncccc34)N[C@@]3(O)COC(=O)[C@H]23)cc1C(F)(F)F. The molecule has 3 atom stereocenters. The Kier molecular flexibility index (Phi) is 4.88. The molecular weight excluding hydrogens is 475 g/mol. The number of cyclic esters (lactones) is 1. The van der Waals surface area contributed by atoms with Crippen LogP contribution in [0.2, 0.25) is 0 Å². The van der Waals surface area contributed by atoms with Gasteiger partial charge in [-0.1, -0.05) is 12.1 Å². The molecule has 7 nitrogen and oxygen atoms in total. The van der Waals surface area contributed by atoms with E-state index in [-0.39, 0.29) is 24.5 Å². The number of benzene rings is 2. The molecule has 1 saturated heterocycles. The minimum Gasteiger partial charge on any atom is -0.493 e. The predicted molar refractivity (Wildman–Crippen MR) is 125 cm³/mol. The van der Waals surface area contributed by atoms with Gasteiger partial charge in [-0.15, -0.1) is 0 Å². The van der Waals surface area contributed by atoms with E-state index in [4.69, 9.17) is 9.47 Å². The molecule has 6 rings (SSSR count). The number of pyridine rings is 2. The number of carbonyl (C=O) groups is 1. The highest BCUT2D eigenvalue weighted by atomic mass is 19.4. The van der Waals surface area contributed by atoms with Gasteiger partial charge in [0.15, 0.2) is 5.72 Å². The highest BCUT2D eigenvalue weighted by Crippen LogP contribution is 2.54. The van der Waals surface area contributed by atoms with E-state index in [1.165, 1.54) is 12.1 Å². The second kappa shape index (κ2) is 7.79. The van der Waals surface area contributed by atoms with Crippen LogP contribution >= 0.6 is 0 Å². The van der Waals surface area contributed by atoms with E-state index >= 15 is 0 Å². The van der Waals surface area contributed by atoms with Crippen LogP contribution in [0.1, 0.15) is 29.5 Å². The van der Waals surface area contributed by atoms with Crippen molar-refractivity contribution in [2.24, 2.45) is 5.92 Å². The second-order valence-electron chi connectivity index (χ2n) is 8.89. The van der Waals surface area contributed by atoms with E-state index in [0.717, 1.165) is 6.07 Å². The molecule has 0 amide bonds. The van der Waals surface area contributed by atoms with Crippen molar-refractivity contribution in [3.8, 4) is 5.75 Å². The Hall–Kier alpha value is -3.92. The van der Waals surface area contributed by atoms with Crippen molar-refractivity contribution in [1.82, 2.24) is 9.97 Å². The molecule has 1 fully saturated rings. The summed E-state index contributed by atoms with van der Waals surface area (Å²) in [6, 6.07) is 10.8. The summed E-state index contributed by atoms with van der Waals surface area (Å²) in [4.78, 5) is 21.9. The predicted octanol–water partition coefficient (Wildman–Crippen LogP) is 4.62. The fourth-order valence-corrected chi connectivity index (χ4v) is 5.41. The minimum absolute atomic E-state index is 0.0581. The fourth-order valence-electron chi connectivity index (χ4n) is 5.41. The van der Waals surface area contributed by atoms with Crippen molar-refractivity contribution in [2.45, 2.75) is 24.7 Å². The molecule has 2 aromatic carbocycles. The van der Waals surface area contributed by atoms with E-state index in [0.29, 0.717) is 33.1 Å². The topological polar surface area (TPSA) is 93.6 Å². The highest BCUT2D eigenvalue weighted by molar-refractivity contribution is 6.13. The lowest BCUT2D eigenvalue weighted by molar-refractivity contribution is -0.141. The highest BCUT2D eigenvalue weighted by Gasteiger charge is 2.58. The van der Waals surface area contributed by atoms with Crippen molar-refractivity contribution in [2.75, 3.05) is 18.5 Å². The first-order valence-corrected chi connectivity index (χ1v) is 11.4. The maximum Gasteiger partial charge on any atom is 0.419 e. The van der Waals surface area contributed by atoms with E-state index in [9.17, 15) is 23.1 Å². The van der Waals surface area contributed by atoms with Crippen LogP contribution in [0.25, 0.3) is 21.8 Å². The van der Waals surface area contributed by atoms with Gasteiger partial charge < -0.3 is 19.9 Å². The van der Waals surface area contributed by atoms with Crippen molar-refractivity contribution >= 4 is 33.5 Å². The molecule has 4 heterocycles. The Balaban J connectivity index is 1.71. The number of alkyl halides is 3. The van der Waals surface area contributed by atoms with Gasteiger partial charge >= 0.3 is 12.1 Å². The van der Waals surface area contributed by atoms with Crippen LogP contribution in [-0.2, 0) is 15.7 Å². The van der Waals surface area contributed by atoms with E-state index in [1.807, 2.05) is 0 Å². The molecule has 0 saturated carbocycles. The van der Waals surface area contributed by atoms with E-state index in [1.54, 1.807) is 43.6 Å². The number of halogens is 3. The fraction of sp³-hybridized carbons (Fsp3) is 0.269. The summed E-state index contributed by atoms with van der Waals surface area (Å²) in [5.41, 5.74) is -0.464. The van der Waals surface area contributed by atoms with Crippen molar-refractivity contribution in [1.29, 1.82) is 0 Å². The number of nitrogens with one attached hydrogen (secondary N) is 1. The van der Waals surface area contributed by atoms with Gasteiger partial charge in [0.2, 0.25) is 0 Å². The number of aromatic nitrogens is 2. The number of carbonyl (C=O) groups excluding carboxylic acids is 1. The molecule has 0 spiro atoms. The summed E-state index contributed by atoms with van der Waals surface area (Å²) in [5.74, 6) is -3.16. The van der Waals surface area contributed by atoms with Crippen LogP contribution in [-0.4, -0.2) is 40.0 Å². The summed E-state index contributed by atoms with van der Waals surface area (Å²) < 4.78 is 52.6. The summed E-state index contributed by atoms with van der Waals surface area (Å²) in [6.07, 6.45) is -1.47. The molecular formula is C26H20F3N3O4. The Bertz CT molecular complexity index is 1540. The monoisotopic (exact) mass is 495 g/mol. The van der Waals surface area contributed by atoms with Gasteiger partial charge in [0.05, 0.1) is 28.9 Å². The number of esters is 1. The third-order valence-corrected chi connectivity index (χ3v) is 6.83. The van der Waals surface area contributed by atoms with Gasteiger partial charge in [0, 0.05) is 29.1 Å². The molecule has 0 aliphatic carbocycles. The standard InChI is InChI=1S/C26H20F3N3O4/c1-2-35-17-8-7-13(11-16(17)26(27,28)29)18-19-14-5-3-9-30-22(14)23-15(6-4-10-31-23)21(19)32-25(34)12-36-24(33)20(18)25/h3-11,18,20,32,34H,2,12H2,1H3/t18-,20+,25-/m1/s1. The Labute approximate surface area is 202 Å². The average Bonchev–Trinajstić information content (AvgIpc) is 3.17. The number of nitrogens with zero attached hydrogens (tertiary/aromatic N) is 2. The Morgan fingerprint density at radius 1 is 1.14 bits per heavy atom. The first kappa shape index (κ1) is 22.5. The molecule has 184 valence electrons. The zero-order chi connectivity index (χ0) is 25.2. The average molecular weight is 495 g/mol. The lowest BCUT2D eigenvalue weighted by atomic mass is 9.71. The zero-order valence-electron chi connectivity index (χ0n) is 19.0. The van der Waals surface area contributed by atoms with Crippen LogP contribution < -0.4 is 10.1 Å². The normalized spacial score (nSPS) is 23.2. The minimum atomic E-state index is -4.69. The van der Waals surface area contributed by atoms with E-state index < -0.39 is 35.3 Å². The van der Waals surface area contributed by atoms with Gasteiger partial charge in [0.25, 0.3) is 0 Å². The van der Waals surface area contributed by atoms with Crippen molar-refractivity contribution in [3.63, 3.8) is 0 Å².